The molecule has 2 fully saturated rings. The van der Waals surface area contributed by atoms with Crippen LogP contribution in [0.25, 0.3) is 0 Å². The molecule has 0 aromatic heterocycles. The van der Waals surface area contributed by atoms with E-state index in [4.69, 9.17) is 4.74 Å². The van der Waals surface area contributed by atoms with E-state index in [0.29, 0.717) is 6.04 Å². The topological polar surface area (TPSA) is 21.3 Å². The van der Waals surface area contributed by atoms with Crippen molar-refractivity contribution in [2.75, 3.05) is 13.2 Å². The summed E-state index contributed by atoms with van der Waals surface area (Å²) in [6.45, 7) is 4.21. The molecule has 1 N–H and O–H groups in total. The van der Waals surface area contributed by atoms with Crippen molar-refractivity contribution < 1.29 is 4.74 Å². The molecule has 0 aromatic rings. The summed E-state index contributed by atoms with van der Waals surface area (Å²) in [4.78, 5) is 0. The Morgan fingerprint density at radius 3 is 2.75 bits per heavy atom. The Balaban J connectivity index is 1.69. The molecule has 70 valence electrons. The van der Waals surface area contributed by atoms with Crippen molar-refractivity contribution in [1.82, 2.24) is 5.32 Å². The molecule has 2 nitrogen and oxygen atoms in total. The van der Waals surface area contributed by atoms with Crippen LogP contribution in [-0.4, -0.2) is 25.3 Å². The zero-order valence-corrected chi connectivity index (χ0v) is 7.88. The second-order valence-corrected chi connectivity index (χ2v) is 4.21. The van der Waals surface area contributed by atoms with E-state index in [2.05, 4.69) is 12.2 Å². The second-order valence-electron chi connectivity index (χ2n) is 4.21. The first kappa shape index (κ1) is 8.52. The molecular weight excluding hydrogens is 150 g/mol. The van der Waals surface area contributed by atoms with Crippen molar-refractivity contribution in [3.63, 3.8) is 0 Å². The summed E-state index contributed by atoms with van der Waals surface area (Å²) in [5.41, 5.74) is 0. The van der Waals surface area contributed by atoms with Crippen molar-refractivity contribution in [1.29, 1.82) is 0 Å². The summed E-state index contributed by atoms with van der Waals surface area (Å²) < 4.78 is 5.42. The fraction of sp³-hybridized carbons (Fsp3) is 1.00. The molecule has 1 aliphatic heterocycles. The lowest BCUT2D eigenvalue weighted by atomic mass is 10.1. The smallest absolute Gasteiger partial charge is 0.0619 e. The number of nitrogens with one attached hydrogen (secondary N) is 1. The quantitative estimate of drug-likeness (QED) is 0.692. The van der Waals surface area contributed by atoms with Crippen LogP contribution in [0.3, 0.4) is 0 Å². The molecule has 0 spiro atoms. The van der Waals surface area contributed by atoms with Crippen LogP contribution in [0.5, 0.6) is 0 Å². The van der Waals surface area contributed by atoms with E-state index in [0.717, 1.165) is 25.2 Å². The van der Waals surface area contributed by atoms with Gasteiger partial charge in [0.15, 0.2) is 0 Å². The largest absolute Gasteiger partial charge is 0.380 e. The summed E-state index contributed by atoms with van der Waals surface area (Å²) in [5.74, 6) is 0.965. The van der Waals surface area contributed by atoms with E-state index in [1.165, 1.54) is 25.7 Å². The van der Waals surface area contributed by atoms with E-state index in [9.17, 15) is 0 Å². The summed E-state index contributed by atoms with van der Waals surface area (Å²) in [6.07, 6.45) is 5.40. The normalized spacial score (nSPS) is 33.2. The molecule has 0 aromatic carbocycles. The first-order valence-corrected chi connectivity index (χ1v) is 5.20. The first-order chi connectivity index (χ1) is 5.86. The molecule has 2 atom stereocenters. The van der Waals surface area contributed by atoms with Crippen LogP contribution in [0.1, 0.15) is 32.6 Å². The maximum absolute atomic E-state index is 5.42. The molecule has 12 heavy (non-hydrogen) atoms. The van der Waals surface area contributed by atoms with E-state index in [1.807, 2.05) is 0 Å². The molecule has 0 amide bonds. The van der Waals surface area contributed by atoms with Crippen LogP contribution in [-0.2, 0) is 4.74 Å². The van der Waals surface area contributed by atoms with Gasteiger partial charge in [0.25, 0.3) is 0 Å². The lowest BCUT2D eigenvalue weighted by molar-refractivity contribution is 0.0661. The standard InChI is InChI=1S/C10H19NO/c1-8(9-4-5-9)11-10-3-2-6-12-7-10/h8-11H,2-7H2,1H3/t8?,10-/m1/s1. The van der Waals surface area contributed by atoms with Gasteiger partial charge >= 0.3 is 0 Å². The highest BCUT2D eigenvalue weighted by Gasteiger charge is 2.29. The Morgan fingerprint density at radius 2 is 2.17 bits per heavy atom. The number of ether oxygens (including phenoxy) is 1. The molecule has 1 unspecified atom stereocenters. The third kappa shape index (κ3) is 2.20. The molecular formula is C10H19NO. The van der Waals surface area contributed by atoms with Crippen LogP contribution in [0, 0.1) is 5.92 Å². The summed E-state index contributed by atoms with van der Waals surface area (Å²) in [7, 11) is 0. The third-order valence-electron chi connectivity index (χ3n) is 2.99. The average Bonchev–Trinajstić information content (AvgIpc) is 2.88. The molecule has 0 radical (unpaired) electrons. The number of hydrogen-bond donors (Lipinski definition) is 1. The summed E-state index contributed by atoms with van der Waals surface area (Å²) in [6, 6.07) is 1.35. The SMILES string of the molecule is CC(N[C@@H]1CCCOC1)C1CC1. The van der Waals surface area contributed by atoms with Crippen LogP contribution in [0.2, 0.25) is 0 Å². The first-order valence-electron chi connectivity index (χ1n) is 5.20. The van der Waals surface area contributed by atoms with Gasteiger partial charge < -0.3 is 10.1 Å². The number of hydrogen-bond acceptors (Lipinski definition) is 2. The zero-order chi connectivity index (χ0) is 8.39. The monoisotopic (exact) mass is 169 g/mol. The Labute approximate surface area is 74.7 Å². The highest BCUT2D eigenvalue weighted by molar-refractivity contribution is 4.86. The predicted octanol–water partition coefficient (Wildman–Crippen LogP) is 1.55. The molecule has 1 saturated carbocycles. The Hall–Kier alpha value is -0.0800. The lowest BCUT2D eigenvalue weighted by Crippen LogP contribution is -2.42. The van der Waals surface area contributed by atoms with Gasteiger partial charge in [0.1, 0.15) is 0 Å². The van der Waals surface area contributed by atoms with E-state index in [-0.39, 0.29) is 0 Å². The highest BCUT2D eigenvalue weighted by atomic mass is 16.5. The molecule has 0 bridgehead atoms. The van der Waals surface area contributed by atoms with Crippen molar-refractivity contribution >= 4 is 0 Å². The Bertz CT molecular complexity index is 139. The van der Waals surface area contributed by atoms with Crippen LogP contribution in [0.4, 0.5) is 0 Å². The maximum Gasteiger partial charge on any atom is 0.0619 e. The van der Waals surface area contributed by atoms with Crippen LogP contribution >= 0.6 is 0 Å². The van der Waals surface area contributed by atoms with Crippen LogP contribution in [0.15, 0.2) is 0 Å². The lowest BCUT2D eigenvalue weighted by Gasteiger charge is -2.26. The van der Waals surface area contributed by atoms with Gasteiger partial charge in [0.05, 0.1) is 6.61 Å². The van der Waals surface area contributed by atoms with Gasteiger partial charge in [-0.1, -0.05) is 0 Å². The Kier molecular flexibility index (Phi) is 2.66. The molecule has 2 heteroatoms. The van der Waals surface area contributed by atoms with Gasteiger partial charge in [-0.3, -0.25) is 0 Å². The number of rotatable bonds is 3. The van der Waals surface area contributed by atoms with E-state index in [1.54, 1.807) is 0 Å². The molecule has 1 aliphatic carbocycles. The summed E-state index contributed by atoms with van der Waals surface area (Å²) in [5, 5.41) is 3.66. The zero-order valence-electron chi connectivity index (χ0n) is 7.88. The maximum atomic E-state index is 5.42. The minimum absolute atomic E-state index is 0.634. The molecule has 1 heterocycles. The Morgan fingerprint density at radius 1 is 1.33 bits per heavy atom. The van der Waals surface area contributed by atoms with Gasteiger partial charge in [-0.15, -0.1) is 0 Å². The van der Waals surface area contributed by atoms with Gasteiger partial charge in [0, 0.05) is 18.7 Å². The highest BCUT2D eigenvalue weighted by Crippen LogP contribution is 2.32. The van der Waals surface area contributed by atoms with E-state index < -0.39 is 0 Å². The fourth-order valence-electron chi connectivity index (χ4n) is 1.98. The van der Waals surface area contributed by atoms with Crippen molar-refractivity contribution in [3.05, 3.63) is 0 Å². The molecule has 2 aliphatic rings. The second kappa shape index (κ2) is 3.75. The summed E-state index contributed by atoms with van der Waals surface area (Å²) >= 11 is 0. The van der Waals surface area contributed by atoms with Gasteiger partial charge in [-0.25, -0.2) is 0 Å². The minimum atomic E-state index is 0.634. The predicted molar refractivity (Wildman–Crippen MR) is 49.2 cm³/mol. The van der Waals surface area contributed by atoms with Crippen molar-refractivity contribution in [2.45, 2.75) is 44.7 Å². The van der Waals surface area contributed by atoms with Gasteiger partial charge in [-0.05, 0) is 38.5 Å². The minimum Gasteiger partial charge on any atom is -0.380 e. The van der Waals surface area contributed by atoms with E-state index >= 15 is 0 Å². The van der Waals surface area contributed by atoms with Gasteiger partial charge in [-0.2, -0.15) is 0 Å². The average molecular weight is 169 g/mol. The van der Waals surface area contributed by atoms with Crippen LogP contribution < -0.4 is 5.32 Å². The van der Waals surface area contributed by atoms with Crippen molar-refractivity contribution in [2.24, 2.45) is 5.92 Å². The molecule has 2 rings (SSSR count). The molecule has 1 saturated heterocycles. The fourth-order valence-corrected chi connectivity index (χ4v) is 1.98. The van der Waals surface area contributed by atoms with Gasteiger partial charge in [0.2, 0.25) is 0 Å². The van der Waals surface area contributed by atoms with Crippen molar-refractivity contribution in [3.8, 4) is 0 Å². The third-order valence-corrected chi connectivity index (χ3v) is 2.99.